The third kappa shape index (κ3) is 2.91. The van der Waals surface area contributed by atoms with Crippen molar-refractivity contribution in [2.45, 2.75) is 11.8 Å². The van der Waals surface area contributed by atoms with Gasteiger partial charge in [0.15, 0.2) is 0 Å². The van der Waals surface area contributed by atoms with E-state index < -0.39 is 10.0 Å². The van der Waals surface area contributed by atoms with Gasteiger partial charge in [-0.2, -0.15) is 5.10 Å². The van der Waals surface area contributed by atoms with Crippen molar-refractivity contribution in [3.05, 3.63) is 54.2 Å². The molecular formula is C17H17N3O3S. The summed E-state index contributed by atoms with van der Waals surface area (Å²) in [6.45, 7) is 1.94. The Morgan fingerprint density at radius 1 is 1.12 bits per heavy atom. The first-order valence-electron chi connectivity index (χ1n) is 7.23. The van der Waals surface area contributed by atoms with Gasteiger partial charge in [0, 0.05) is 17.3 Å². The van der Waals surface area contributed by atoms with Crippen LogP contribution in [0.5, 0.6) is 5.75 Å². The molecule has 1 heterocycles. The highest BCUT2D eigenvalue weighted by Gasteiger charge is 2.19. The van der Waals surface area contributed by atoms with Crippen LogP contribution in [0.25, 0.3) is 22.4 Å². The van der Waals surface area contributed by atoms with Gasteiger partial charge in [0.1, 0.15) is 11.4 Å². The Labute approximate surface area is 140 Å². The number of methoxy groups -OCH3 is 1. The van der Waals surface area contributed by atoms with Gasteiger partial charge in [-0.25, -0.2) is 13.6 Å². The first-order chi connectivity index (χ1) is 11.4. The van der Waals surface area contributed by atoms with E-state index in [9.17, 15) is 8.42 Å². The van der Waals surface area contributed by atoms with E-state index in [2.05, 4.69) is 10.2 Å². The van der Waals surface area contributed by atoms with Crippen molar-refractivity contribution in [1.29, 1.82) is 0 Å². The van der Waals surface area contributed by atoms with Crippen molar-refractivity contribution in [3.63, 3.8) is 0 Å². The molecule has 0 aliphatic rings. The van der Waals surface area contributed by atoms with E-state index in [1.54, 1.807) is 31.5 Å². The number of sulfonamides is 1. The van der Waals surface area contributed by atoms with E-state index in [4.69, 9.17) is 9.88 Å². The van der Waals surface area contributed by atoms with Crippen molar-refractivity contribution in [2.24, 2.45) is 5.14 Å². The Morgan fingerprint density at radius 3 is 2.54 bits per heavy atom. The minimum atomic E-state index is -3.85. The van der Waals surface area contributed by atoms with Crippen molar-refractivity contribution >= 4 is 10.0 Å². The number of aromatic amines is 1. The fourth-order valence-electron chi connectivity index (χ4n) is 2.67. The highest BCUT2D eigenvalue weighted by molar-refractivity contribution is 7.89. The minimum Gasteiger partial charge on any atom is -0.496 e. The molecule has 0 amide bonds. The van der Waals surface area contributed by atoms with Crippen LogP contribution in [-0.2, 0) is 10.0 Å². The molecule has 0 unspecified atom stereocenters. The maximum Gasteiger partial charge on any atom is 0.238 e. The molecule has 3 aromatic rings. The summed E-state index contributed by atoms with van der Waals surface area (Å²) >= 11 is 0. The topological polar surface area (TPSA) is 98.1 Å². The number of hydrogen-bond donors (Lipinski definition) is 2. The van der Waals surface area contributed by atoms with E-state index in [0.717, 1.165) is 22.4 Å². The summed E-state index contributed by atoms with van der Waals surface area (Å²) in [7, 11) is -2.23. The van der Waals surface area contributed by atoms with Crippen molar-refractivity contribution in [3.8, 4) is 28.1 Å². The molecule has 0 aliphatic carbocycles. The zero-order valence-electron chi connectivity index (χ0n) is 13.3. The molecule has 3 rings (SSSR count). The van der Waals surface area contributed by atoms with E-state index in [1.165, 1.54) is 6.07 Å². The monoisotopic (exact) mass is 343 g/mol. The second-order valence-corrected chi connectivity index (χ2v) is 6.90. The second kappa shape index (κ2) is 6.10. The Bertz CT molecular complexity index is 994. The number of hydrogen-bond acceptors (Lipinski definition) is 4. The number of nitrogens with zero attached hydrogens (tertiary/aromatic N) is 1. The van der Waals surface area contributed by atoms with Gasteiger partial charge >= 0.3 is 0 Å². The van der Waals surface area contributed by atoms with Gasteiger partial charge in [0.05, 0.1) is 12.0 Å². The van der Waals surface area contributed by atoms with Gasteiger partial charge in [-0.3, -0.25) is 5.10 Å². The number of aromatic nitrogens is 2. The molecule has 3 N–H and O–H groups in total. The van der Waals surface area contributed by atoms with Crippen LogP contribution in [-0.4, -0.2) is 25.7 Å². The third-order valence-electron chi connectivity index (χ3n) is 3.79. The molecule has 0 radical (unpaired) electrons. The number of rotatable bonds is 4. The van der Waals surface area contributed by atoms with Gasteiger partial charge in [-0.05, 0) is 36.2 Å². The lowest BCUT2D eigenvalue weighted by Gasteiger charge is -2.10. The van der Waals surface area contributed by atoms with Gasteiger partial charge in [0.25, 0.3) is 0 Å². The molecular weight excluding hydrogens is 326 g/mol. The van der Waals surface area contributed by atoms with Crippen molar-refractivity contribution < 1.29 is 13.2 Å². The first kappa shape index (κ1) is 16.2. The molecule has 6 nitrogen and oxygen atoms in total. The molecule has 0 atom stereocenters. The minimum absolute atomic E-state index is 0.0450. The molecule has 7 heteroatoms. The van der Waals surface area contributed by atoms with E-state index in [0.29, 0.717) is 11.3 Å². The summed E-state index contributed by atoms with van der Waals surface area (Å²) in [6.07, 6.45) is 1.73. The van der Waals surface area contributed by atoms with Crippen LogP contribution in [0.2, 0.25) is 0 Å². The summed E-state index contributed by atoms with van der Waals surface area (Å²) in [4.78, 5) is 0.0450. The molecule has 0 spiro atoms. The summed E-state index contributed by atoms with van der Waals surface area (Å²) in [5, 5.41) is 12.4. The number of aryl methyl sites for hydroxylation is 1. The summed E-state index contributed by atoms with van der Waals surface area (Å²) in [6, 6.07) is 12.3. The Hall–Kier alpha value is -2.64. The predicted molar refractivity (Wildman–Crippen MR) is 92.1 cm³/mol. The quantitative estimate of drug-likeness (QED) is 0.761. The standard InChI is InChI=1S/C17H17N3O3S/c1-11-9-12(7-8-15(11)23-2)14-10-19-20-17(14)13-5-3-4-6-16(13)24(18,21)22/h3-10H,1-2H3,(H,19,20)(H2,18,21,22). The van der Waals surface area contributed by atoms with Crippen molar-refractivity contribution in [2.75, 3.05) is 7.11 Å². The zero-order chi connectivity index (χ0) is 17.3. The van der Waals surface area contributed by atoms with E-state index >= 15 is 0 Å². The van der Waals surface area contributed by atoms with Gasteiger partial charge in [-0.1, -0.05) is 24.3 Å². The largest absolute Gasteiger partial charge is 0.496 e. The maximum absolute atomic E-state index is 11.9. The summed E-state index contributed by atoms with van der Waals surface area (Å²) in [5.41, 5.74) is 3.66. The smallest absolute Gasteiger partial charge is 0.238 e. The molecule has 2 aromatic carbocycles. The third-order valence-corrected chi connectivity index (χ3v) is 4.76. The summed E-state index contributed by atoms with van der Waals surface area (Å²) in [5.74, 6) is 0.786. The normalized spacial score (nSPS) is 11.5. The molecule has 24 heavy (non-hydrogen) atoms. The molecule has 0 bridgehead atoms. The van der Waals surface area contributed by atoms with Crippen LogP contribution >= 0.6 is 0 Å². The van der Waals surface area contributed by atoms with Gasteiger partial charge in [-0.15, -0.1) is 0 Å². The SMILES string of the molecule is COc1ccc(-c2c[nH]nc2-c2ccccc2S(N)(=O)=O)cc1C. The lowest BCUT2D eigenvalue weighted by molar-refractivity contribution is 0.412. The van der Waals surface area contributed by atoms with Gasteiger partial charge < -0.3 is 4.74 Å². The average molecular weight is 343 g/mol. The number of H-pyrrole nitrogens is 1. The first-order valence-corrected chi connectivity index (χ1v) is 8.77. The second-order valence-electron chi connectivity index (χ2n) is 5.37. The molecule has 0 aliphatic heterocycles. The van der Waals surface area contributed by atoms with E-state index in [-0.39, 0.29) is 4.90 Å². The van der Waals surface area contributed by atoms with Crippen LogP contribution in [0.4, 0.5) is 0 Å². The molecule has 1 aromatic heterocycles. The Balaban J connectivity index is 2.18. The van der Waals surface area contributed by atoms with E-state index in [1.807, 2.05) is 25.1 Å². The fourth-order valence-corrected chi connectivity index (χ4v) is 3.41. The van der Waals surface area contributed by atoms with Crippen LogP contribution in [0.15, 0.2) is 53.6 Å². The number of primary sulfonamides is 1. The number of nitrogens with two attached hydrogens (primary N) is 1. The highest BCUT2D eigenvalue weighted by Crippen LogP contribution is 2.35. The lowest BCUT2D eigenvalue weighted by Crippen LogP contribution is -2.13. The maximum atomic E-state index is 11.9. The van der Waals surface area contributed by atoms with Crippen LogP contribution in [0.3, 0.4) is 0 Å². The summed E-state index contributed by atoms with van der Waals surface area (Å²) < 4.78 is 29.0. The Kier molecular flexibility index (Phi) is 4.13. The molecule has 0 fully saturated rings. The predicted octanol–water partition coefficient (Wildman–Crippen LogP) is 2.71. The van der Waals surface area contributed by atoms with Gasteiger partial charge in [0.2, 0.25) is 10.0 Å². The molecule has 0 saturated heterocycles. The number of nitrogens with one attached hydrogen (secondary N) is 1. The molecule has 0 saturated carbocycles. The number of ether oxygens (including phenoxy) is 1. The Morgan fingerprint density at radius 2 is 1.88 bits per heavy atom. The van der Waals surface area contributed by atoms with Crippen LogP contribution in [0, 0.1) is 6.92 Å². The highest BCUT2D eigenvalue weighted by atomic mass is 32.2. The van der Waals surface area contributed by atoms with Crippen molar-refractivity contribution in [1.82, 2.24) is 10.2 Å². The van der Waals surface area contributed by atoms with Crippen LogP contribution < -0.4 is 9.88 Å². The zero-order valence-corrected chi connectivity index (χ0v) is 14.1. The fraction of sp³-hybridized carbons (Fsp3) is 0.118. The van der Waals surface area contributed by atoms with Crippen LogP contribution in [0.1, 0.15) is 5.56 Å². The average Bonchev–Trinajstić information content (AvgIpc) is 3.03. The molecule has 124 valence electrons. The number of benzene rings is 2. The lowest BCUT2D eigenvalue weighted by atomic mass is 10.00.